The number of rotatable bonds is 1. The highest BCUT2D eigenvalue weighted by Gasteiger charge is 2.44. The highest BCUT2D eigenvalue weighted by atomic mass is 19.1. The van der Waals surface area contributed by atoms with E-state index in [0.29, 0.717) is 12.2 Å². The van der Waals surface area contributed by atoms with Crippen LogP contribution in [0.5, 0.6) is 0 Å². The summed E-state index contributed by atoms with van der Waals surface area (Å²) < 4.78 is 18.7. The van der Waals surface area contributed by atoms with E-state index >= 15 is 0 Å². The molecule has 2 atom stereocenters. The van der Waals surface area contributed by atoms with Gasteiger partial charge < -0.3 is 15.2 Å². The zero-order valence-electron chi connectivity index (χ0n) is 10.3. The third-order valence-corrected chi connectivity index (χ3v) is 3.09. The minimum atomic E-state index is -1.47. The minimum Gasteiger partial charge on any atom is -0.361 e. The van der Waals surface area contributed by atoms with Gasteiger partial charge in [0.25, 0.3) is 0 Å². The van der Waals surface area contributed by atoms with E-state index in [1.54, 1.807) is 12.1 Å². The van der Waals surface area contributed by atoms with Crippen LogP contribution in [0.25, 0.3) is 0 Å². The van der Waals surface area contributed by atoms with E-state index < -0.39 is 5.79 Å². The van der Waals surface area contributed by atoms with Crippen LogP contribution < -0.4 is 5.32 Å². The van der Waals surface area contributed by atoms with Gasteiger partial charge in [0.05, 0.1) is 12.6 Å². The van der Waals surface area contributed by atoms with Crippen molar-refractivity contribution in [2.45, 2.75) is 38.1 Å². The van der Waals surface area contributed by atoms with Crippen molar-refractivity contribution in [1.82, 2.24) is 5.32 Å². The summed E-state index contributed by atoms with van der Waals surface area (Å²) in [5.41, 5.74) is 0.242. The molecule has 2 unspecified atom stereocenters. The summed E-state index contributed by atoms with van der Waals surface area (Å²) in [6, 6.07) is 5.57. The smallest absolute Gasteiger partial charge is 0.208 e. The lowest BCUT2D eigenvalue weighted by Crippen LogP contribution is -2.63. The SMILES string of the molecule is CC1NC(C)(C)COC1(O)c1cccc(F)c1. The summed E-state index contributed by atoms with van der Waals surface area (Å²) >= 11 is 0. The van der Waals surface area contributed by atoms with Crippen molar-refractivity contribution in [2.24, 2.45) is 0 Å². The van der Waals surface area contributed by atoms with Gasteiger partial charge in [-0.25, -0.2) is 4.39 Å². The van der Waals surface area contributed by atoms with Gasteiger partial charge in [0.1, 0.15) is 5.82 Å². The Labute approximate surface area is 101 Å². The van der Waals surface area contributed by atoms with Crippen LogP contribution in [0.1, 0.15) is 26.3 Å². The molecule has 3 nitrogen and oxygen atoms in total. The summed E-state index contributed by atoms with van der Waals surface area (Å²) in [5, 5.41) is 13.8. The van der Waals surface area contributed by atoms with Crippen molar-refractivity contribution in [3.63, 3.8) is 0 Å². The number of morpholine rings is 1. The second-order valence-electron chi connectivity index (χ2n) is 5.25. The maximum absolute atomic E-state index is 13.2. The Morgan fingerprint density at radius 1 is 1.47 bits per heavy atom. The molecule has 2 N–H and O–H groups in total. The number of ether oxygens (including phenoxy) is 1. The standard InChI is InChI=1S/C13H18FNO2/c1-9-13(16,17-8-12(2,3)15-9)10-5-4-6-11(14)7-10/h4-7,9,15-16H,8H2,1-3H3. The van der Waals surface area contributed by atoms with Gasteiger partial charge in [-0.15, -0.1) is 0 Å². The normalized spacial score (nSPS) is 32.4. The summed E-state index contributed by atoms with van der Waals surface area (Å²) in [7, 11) is 0. The maximum Gasteiger partial charge on any atom is 0.208 e. The van der Waals surface area contributed by atoms with Gasteiger partial charge in [-0.2, -0.15) is 0 Å². The number of hydrogen-bond donors (Lipinski definition) is 2. The molecule has 17 heavy (non-hydrogen) atoms. The highest BCUT2D eigenvalue weighted by molar-refractivity contribution is 5.23. The van der Waals surface area contributed by atoms with E-state index in [2.05, 4.69) is 5.32 Å². The fraction of sp³-hybridized carbons (Fsp3) is 0.538. The van der Waals surface area contributed by atoms with Gasteiger partial charge in [0.2, 0.25) is 5.79 Å². The molecule has 1 aliphatic heterocycles. The fourth-order valence-electron chi connectivity index (χ4n) is 2.19. The highest BCUT2D eigenvalue weighted by Crippen LogP contribution is 2.32. The first-order valence-electron chi connectivity index (χ1n) is 5.74. The largest absolute Gasteiger partial charge is 0.361 e. The molecular weight excluding hydrogens is 221 g/mol. The molecule has 0 saturated carbocycles. The lowest BCUT2D eigenvalue weighted by Gasteiger charge is -2.46. The van der Waals surface area contributed by atoms with Gasteiger partial charge in [-0.05, 0) is 32.9 Å². The molecule has 1 aliphatic rings. The van der Waals surface area contributed by atoms with Crippen molar-refractivity contribution < 1.29 is 14.2 Å². The summed E-state index contributed by atoms with van der Waals surface area (Å²) in [6.07, 6.45) is 0. The van der Waals surface area contributed by atoms with Crippen LogP contribution in [0.15, 0.2) is 24.3 Å². The molecule has 1 aromatic carbocycles. The van der Waals surface area contributed by atoms with Crippen molar-refractivity contribution in [3.05, 3.63) is 35.6 Å². The molecule has 4 heteroatoms. The molecule has 1 fully saturated rings. The average molecular weight is 239 g/mol. The first-order chi connectivity index (χ1) is 7.83. The molecule has 1 saturated heterocycles. The molecule has 0 aromatic heterocycles. The van der Waals surface area contributed by atoms with Gasteiger partial charge in [-0.1, -0.05) is 12.1 Å². The predicted octanol–water partition coefficient (Wildman–Crippen LogP) is 1.76. The van der Waals surface area contributed by atoms with Gasteiger partial charge in [0, 0.05) is 11.1 Å². The van der Waals surface area contributed by atoms with E-state index in [9.17, 15) is 9.50 Å². The van der Waals surface area contributed by atoms with Crippen molar-refractivity contribution in [1.29, 1.82) is 0 Å². The van der Waals surface area contributed by atoms with Crippen molar-refractivity contribution in [3.8, 4) is 0 Å². The summed E-state index contributed by atoms with van der Waals surface area (Å²) in [4.78, 5) is 0. The topological polar surface area (TPSA) is 41.5 Å². The average Bonchev–Trinajstić information content (AvgIpc) is 2.24. The second-order valence-corrected chi connectivity index (χ2v) is 5.25. The van der Waals surface area contributed by atoms with Crippen LogP contribution in [-0.2, 0) is 10.5 Å². The minimum absolute atomic E-state index is 0.195. The molecule has 0 amide bonds. The second kappa shape index (κ2) is 4.05. The third-order valence-electron chi connectivity index (χ3n) is 3.09. The Kier molecular flexibility index (Phi) is 2.97. The zero-order valence-corrected chi connectivity index (χ0v) is 10.3. The van der Waals surface area contributed by atoms with Crippen LogP contribution in [0.2, 0.25) is 0 Å². The lowest BCUT2D eigenvalue weighted by atomic mass is 9.92. The monoisotopic (exact) mass is 239 g/mol. The van der Waals surface area contributed by atoms with Gasteiger partial charge >= 0.3 is 0 Å². The lowest BCUT2D eigenvalue weighted by molar-refractivity contribution is -0.263. The Morgan fingerprint density at radius 2 is 2.18 bits per heavy atom. The van der Waals surface area contributed by atoms with Gasteiger partial charge in [0.15, 0.2) is 0 Å². The van der Waals surface area contributed by atoms with E-state index in [1.165, 1.54) is 12.1 Å². The van der Waals surface area contributed by atoms with E-state index in [1.807, 2.05) is 20.8 Å². The number of halogens is 1. The molecule has 0 spiro atoms. The van der Waals surface area contributed by atoms with E-state index in [0.717, 1.165) is 0 Å². The van der Waals surface area contributed by atoms with E-state index in [-0.39, 0.29) is 17.4 Å². The van der Waals surface area contributed by atoms with Crippen LogP contribution in [0.3, 0.4) is 0 Å². The Balaban J connectivity index is 2.31. The fourth-order valence-corrected chi connectivity index (χ4v) is 2.19. The van der Waals surface area contributed by atoms with Crippen LogP contribution in [0, 0.1) is 5.82 Å². The molecule has 0 bridgehead atoms. The first kappa shape index (κ1) is 12.5. The van der Waals surface area contributed by atoms with Crippen molar-refractivity contribution in [2.75, 3.05) is 6.61 Å². The Morgan fingerprint density at radius 3 is 2.76 bits per heavy atom. The number of nitrogens with one attached hydrogen (secondary N) is 1. The zero-order chi connectivity index (χ0) is 12.7. The summed E-state index contributed by atoms with van der Waals surface area (Å²) in [5.74, 6) is -1.85. The molecule has 1 heterocycles. The molecule has 0 radical (unpaired) electrons. The van der Waals surface area contributed by atoms with E-state index in [4.69, 9.17) is 4.74 Å². The molecule has 94 valence electrons. The Hall–Kier alpha value is -0.970. The third kappa shape index (κ3) is 2.34. The van der Waals surface area contributed by atoms with Crippen LogP contribution in [-0.4, -0.2) is 23.3 Å². The van der Waals surface area contributed by atoms with Crippen LogP contribution in [0.4, 0.5) is 4.39 Å². The quantitative estimate of drug-likeness (QED) is 0.784. The summed E-state index contributed by atoms with van der Waals surface area (Å²) in [6.45, 7) is 6.18. The predicted molar refractivity (Wildman–Crippen MR) is 62.9 cm³/mol. The molecule has 1 aromatic rings. The van der Waals surface area contributed by atoms with Gasteiger partial charge in [-0.3, -0.25) is 0 Å². The first-order valence-corrected chi connectivity index (χ1v) is 5.74. The molecular formula is C13H18FNO2. The Bertz CT molecular complexity index is 422. The number of benzene rings is 1. The van der Waals surface area contributed by atoms with Crippen molar-refractivity contribution >= 4 is 0 Å². The molecule has 2 rings (SSSR count). The number of hydrogen-bond acceptors (Lipinski definition) is 3. The van der Waals surface area contributed by atoms with Crippen LogP contribution >= 0.6 is 0 Å². The number of aliphatic hydroxyl groups is 1. The maximum atomic E-state index is 13.2. The molecule has 0 aliphatic carbocycles.